The second-order valence-corrected chi connectivity index (χ2v) is 9.62. The fourth-order valence-corrected chi connectivity index (χ4v) is 5.12. The topological polar surface area (TPSA) is 75.7 Å². The third kappa shape index (κ3) is 5.88. The van der Waals surface area contributed by atoms with Crippen LogP contribution in [0.2, 0.25) is 0 Å². The molecule has 0 spiro atoms. The number of carbonyl (C=O) groups is 1. The summed E-state index contributed by atoms with van der Waals surface area (Å²) in [5, 5.41) is 2.73. The molecule has 0 unspecified atom stereocenters. The zero-order valence-corrected chi connectivity index (χ0v) is 20.1. The lowest BCUT2D eigenvalue weighted by molar-refractivity contribution is -0.118. The minimum Gasteiger partial charge on any atom is -0.484 e. The molecule has 0 aliphatic carbocycles. The molecular weight excluding hydrogens is 460 g/mol. The van der Waals surface area contributed by atoms with Gasteiger partial charge in [-0.25, -0.2) is 8.42 Å². The Kier molecular flexibility index (Phi) is 7.48. The van der Waals surface area contributed by atoms with Crippen molar-refractivity contribution < 1.29 is 17.9 Å². The van der Waals surface area contributed by atoms with Crippen molar-refractivity contribution in [2.24, 2.45) is 0 Å². The molecule has 7 heteroatoms. The molecule has 1 amide bonds. The lowest BCUT2D eigenvalue weighted by Gasteiger charge is -2.23. The van der Waals surface area contributed by atoms with Crippen LogP contribution >= 0.6 is 0 Å². The molecule has 0 radical (unpaired) electrons. The number of sulfonamides is 1. The maximum Gasteiger partial charge on any atom is 0.264 e. The Hall–Kier alpha value is -4.10. The van der Waals surface area contributed by atoms with Gasteiger partial charge in [0.25, 0.3) is 15.9 Å². The smallest absolute Gasteiger partial charge is 0.264 e. The lowest BCUT2D eigenvalue weighted by Crippen LogP contribution is -2.30. The number of hydrogen-bond donors (Lipinski definition) is 1. The SMILES string of the molecule is CCN(c1ccccc1)S(=O)(=O)c1ccc(NC(=O)COc2ccc(-c3ccccc3)cc2)cc1. The Morgan fingerprint density at radius 2 is 1.34 bits per heavy atom. The Morgan fingerprint density at radius 1 is 0.771 bits per heavy atom. The fraction of sp³-hybridized carbons (Fsp3) is 0.107. The summed E-state index contributed by atoms with van der Waals surface area (Å²) in [5.41, 5.74) is 3.25. The molecule has 0 fully saturated rings. The molecule has 0 heterocycles. The summed E-state index contributed by atoms with van der Waals surface area (Å²) < 4.78 is 33.1. The zero-order chi connectivity index (χ0) is 24.7. The van der Waals surface area contributed by atoms with Gasteiger partial charge in [0.1, 0.15) is 5.75 Å². The number of nitrogens with one attached hydrogen (secondary N) is 1. The van der Waals surface area contributed by atoms with E-state index < -0.39 is 10.0 Å². The van der Waals surface area contributed by atoms with E-state index in [-0.39, 0.29) is 17.4 Å². The van der Waals surface area contributed by atoms with Crippen molar-refractivity contribution >= 4 is 27.3 Å². The second-order valence-electron chi connectivity index (χ2n) is 7.76. The van der Waals surface area contributed by atoms with Crippen LogP contribution in [-0.4, -0.2) is 27.5 Å². The molecule has 0 saturated heterocycles. The highest BCUT2D eigenvalue weighted by atomic mass is 32.2. The predicted molar refractivity (Wildman–Crippen MR) is 139 cm³/mol. The van der Waals surface area contributed by atoms with Gasteiger partial charge in [0, 0.05) is 12.2 Å². The van der Waals surface area contributed by atoms with Crippen LogP contribution in [0.15, 0.2) is 114 Å². The van der Waals surface area contributed by atoms with Gasteiger partial charge in [0.2, 0.25) is 0 Å². The first kappa shape index (κ1) is 24.0. The van der Waals surface area contributed by atoms with Crippen LogP contribution in [-0.2, 0) is 14.8 Å². The van der Waals surface area contributed by atoms with Gasteiger partial charge in [-0.2, -0.15) is 0 Å². The summed E-state index contributed by atoms with van der Waals surface area (Å²) in [6.07, 6.45) is 0. The van der Waals surface area contributed by atoms with E-state index in [9.17, 15) is 13.2 Å². The lowest BCUT2D eigenvalue weighted by atomic mass is 10.1. The number of carbonyl (C=O) groups excluding carboxylic acids is 1. The first-order valence-electron chi connectivity index (χ1n) is 11.2. The van der Waals surface area contributed by atoms with E-state index >= 15 is 0 Å². The van der Waals surface area contributed by atoms with E-state index in [1.54, 1.807) is 43.3 Å². The highest BCUT2D eigenvalue weighted by Gasteiger charge is 2.23. The summed E-state index contributed by atoms with van der Waals surface area (Å²) in [5.74, 6) is 0.244. The number of rotatable bonds is 9. The molecule has 0 bridgehead atoms. The highest BCUT2D eigenvalue weighted by Crippen LogP contribution is 2.25. The van der Waals surface area contributed by atoms with Gasteiger partial charge in [0.05, 0.1) is 10.6 Å². The Bertz CT molecular complexity index is 1360. The van der Waals surface area contributed by atoms with Crippen LogP contribution in [0.3, 0.4) is 0 Å². The Balaban J connectivity index is 1.35. The second kappa shape index (κ2) is 10.9. The normalized spacial score (nSPS) is 11.0. The van der Waals surface area contributed by atoms with Gasteiger partial charge in [-0.3, -0.25) is 9.10 Å². The summed E-state index contributed by atoms with van der Waals surface area (Å²) in [6.45, 7) is 1.92. The van der Waals surface area contributed by atoms with Crippen LogP contribution < -0.4 is 14.4 Å². The van der Waals surface area contributed by atoms with Crippen molar-refractivity contribution in [2.45, 2.75) is 11.8 Å². The van der Waals surface area contributed by atoms with E-state index in [1.807, 2.05) is 60.7 Å². The quantitative estimate of drug-likeness (QED) is 0.335. The van der Waals surface area contributed by atoms with Crippen LogP contribution in [0.4, 0.5) is 11.4 Å². The maximum atomic E-state index is 13.1. The molecule has 4 aromatic rings. The monoisotopic (exact) mass is 486 g/mol. The number of nitrogens with zero attached hydrogens (tertiary/aromatic N) is 1. The molecule has 4 rings (SSSR count). The minimum atomic E-state index is -3.72. The highest BCUT2D eigenvalue weighted by molar-refractivity contribution is 7.92. The summed E-state index contributed by atoms with van der Waals surface area (Å²) in [6, 6.07) is 32.6. The molecule has 0 saturated carbocycles. The van der Waals surface area contributed by atoms with Gasteiger partial charge >= 0.3 is 0 Å². The van der Waals surface area contributed by atoms with Crippen LogP contribution in [0.25, 0.3) is 11.1 Å². The first-order chi connectivity index (χ1) is 17.0. The number of ether oxygens (including phenoxy) is 1. The summed E-state index contributed by atoms with van der Waals surface area (Å²) in [7, 11) is -3.72. The number of para-hydroxylation sites is 1. The van der Waals surface area contributed by atoms with Gasteiger partial charge in [0.15, 0.2) is 6.61 Å². The number of anilines is 2. The Labute approximate surface area is 205 Å². The zero-order valence-electron chi connectivity index (χ0n) is 19.3. The van der Waals surface area contributed by atoms with Crippen molar-refractivity contribution in [1.29, 1.82) is 0 Å². The number of benzene rings is 4. The molecule has 0 aliphatic rings. The third-order valence-electron chi connectivity index (χ3n) is 5.39. The first-order valence-corrected chi connectivity index (χ1v) is 12.7. The van der Waals surface area contributed by atoms with E-state index in [0.717, 1.165) is 11.1 Å². The van der Waals surface area contributed by atoms with Gasteiger partial charge in [-0.1, -0.05) is 60.7 Å². The van der Waals surface area contributed by atoms with E-state index in [2.05, 4.69) is 5.32 Å². The van der Waals surface area contributed by atoms with Gasteiger partial charge in [-0.05, 0) is 66.6 Å². The molecule has 178 valence electrons. The summed E-state index contributed by atoms with van der Waals surface area (Å²) >= 11 is 0. The molecule has 0 aliphatic heterocycles. The van der Waals surface area contributed by atoms with Crippen LogP contribution in [0, 0.1) is 0 Å². The molecule has 0 aromatic heterocycles. The van der Waals surface area contributed by atoms with Crippen molar-refractivity contribution in [3.8, 4) is 16.9 Å². The molecule has 35 heavy (non-hydrogen) atoms. The van der Waals surface area contributed by atoms with Crippen LogP contribution in [0.5, 0.6) is 5.75 Å². The molecule has 6 nitrogen and oxygen atoms in total. The van der Waals surface area contributed by atoms with Crippen molar-refractivity contribution in [1.82, 2.24) is 0 Å². The van der Waals surface area contributed by atoms with E-state index in [1.165, 1.54) is 16.4 Å². The minimum absolute atomic E-state index is 0.149. The molecule has 4 aromatic carbocycles. The largest absolute Gasteiger partial charge is 0.484 e. The Morgan fingerprint density at radius 3 is 1.94 bits per heavy atom. The van der Waals surface area contributed by atoms with E-state index in [0.29, 0.717) is 23.7 Å². The van der Waals surface area contributed by atoms with Crippen molar-refractivity contribution in [3.05, 3.63) is 109 Å². The van der Waals surface area contributed by atoms with Gasteiger partial charge in [-0.15, -0.1) is 0 Å². The summed E-state index contributed by atoms with van der Waals surface area (Å²) in [4.78, 5) is 12.5. The average molecular weight is 487 g/mol. The van der Waals surface area contributed by atoms with E-state index in [4.69, 9.17) is 4.74 Å². The average Bonchev–Trinajstić information content (AvgIpc) is 2.89. The maximum absolute atomic E-state index is 13.1. The fourth-order valence-electron chi connectivity index (χ4n) is 3.64. The standard InChI is InChI=1S/C28H26N2O4S/c1-2-30(25-11-7-4-8-12-25)35(32,33)27-19-15-24(16-20-27)29-28(31)21-34-26-17-13-23(14-18-26)22-9-5-3-6-10-22/h3-20H,2,21H2,1H3,(H,29,31). The number of hydrogen-bond acceptors (Lipinski definition) is 4. The van der Waals surface area contributed by atoms with Crippen molar-refractivity contribution in [3.63, 3.8) is 0 Å². The predicted octanol–water partition coefficient (Wildman–Crippen LogP) is 5.59. The third-order valence-corrected chi connectivity index (χ3v) is 7.31. The van der Waals surface area contributed by atoms with Gasteiger partial charge < -0.3 is 10.1 Å². The molecular formula is C28H26N2O4S. The molecule has 1 N–H and O–H groups in total. The van der Waals surface area contributed by atoms with Crippen LogP contribution in [0.1, 0.15) is 6.92 Å². The molecule has 0 atom stereocenters. The van der Waals surface area contributed by atoms with Crippen molar-refractivity contribution in [2.75, 3.05) is 22.8 Å². The number of amides is 1.